The van der Waals surface area contributed by atoms with E-state index in [0.29, 0.717) is 5.56 Å². The van der Waals surface area contributed by atoms with E-state index in [1.54, 1.807) is 6.07 Å². The lowest BCUT2D eigenvalue weighted by atomic mass is 10.00. The molecule has 1 heterocycles. The van der Waals surface area contributed by atoms with Crippen LogP contribution in [0.2, 0.25) is 0 Å². The third-order valence-corrected chi connectivity index (χ3v) is 3.79. The molecule has 104 valence electrons. The predicted octanol–water partition coefficient (Wildman–Crippen LogP) is 3.50. The number of nitrogens with one attached hydrogen (secondary N) is 1. The molecule has 3 rings (SSSR count). The van der Waals surface area contributed by atoms with Crippen LogP contribution in [0.5, 0.6) is 0 Å². The van der Waals surface area contributed by atoms with Crippen molar-refractivity contribution >= 4 is 5.69 Å². The van der Waals surface area contributed by atoms with Gasteiger partial charge in [-0.3, -0.25) is 0 Å². The fourth-order valence-corrected chi connectivity index (χ4v) is 2.64. The van der Waals surface area contributed by atoms with Crippen LogP contribution < -0.4 is 5.32 Å². The van der Waals surface area contributed by atoms with E-state index in [1.165, 1.54) is 11.1 Å². The Hall–Kier alpha value is -2.73. The average Bonchev–Trinajstić information content (AvgIpc) is 2.54. The van der Waals surface area contributed by atoms with Gasteiger partial charge in [-0.1, -0.05) is 36.9 Å². The Labute approximate surface area is 125 Å². The van der Waals surface area contributed by atoms with Crippen molar-refractivity contribution in [1.82, 2.24) is 4.90 Å². The Morgan fingerprint density at radius 2 is 1.95 bits per heavy atom. The van der Waals surface area contributed by atoms with Gasteiger partial charge in [-0.05, 0) is 35.7 Å². The Balaban J connectivity index is 1.71. The minimum absolute atomic E-state index is 0.650. The van der Waals surface area contributed by atoms with Gasteiger partial charge in [-0.25, -0.2) is 0 Å². The van der Waals surface area contributed by atoms with E-state index in [2.05, 4.69) is 47.1 Å². The molecule has 1 N–H and O–H groups in total. The summed E-state index contributed by atoms with van der Waals surface area (Å²) in [5.41, 5.74) is 4.33. The molecule has 1 aliphatic rings. The molecule has 0 saturated heterocycles. The summed E-state index contributed by atoms with van der Waals surface area (Å²) in [4.78, 5) is 2.24. The van der Waals surface area contributed by atoms with Crippen LogP contribution in [0.4, 0.5) is 5.69 Å². The molecule has 0 saturated carbocycles. The Bertz CT molecular complexity index is 712. The van der Waals surface area contributed by atoms with Gasteiger partial charge in [0.05, 0.1) is 17.5 Å². The Morgan fingerprint density at radius 3 is 2.76 bits per heavy atom. The molecule has 0 spiro atoms. The second kappa shape index (κ2) is 5.72. The van der Waals surface area contributed by atoms with E-state index in [4.69, 9.17) is 5.26 Å². The number of benzene rings is 2. The molecule has 2 aromatic rings. The largest absolute Gasteiger partial charge is 0.354 e. The molecule has 0 bridgehead atoms. The van der Waals surface area contributed by atoms with Crippen LogP contribution in [0.15, 0.2) is 60.9 Å². The molecule has 3 nitrogen and oxygen atoms in total. The quantitative estimate of drug-likeness (QED) is 0.931. The number of rotatable bonds is 3. The highest BCUT2D eigenvalue weighted by atomic mass is 15.2. The van der Waals surface area contributed by atoms with E-state index in [1.807, 2.05) is 18.2 Å². The molecule has 1 aliphatic heterocycles. The zero-order chi connectivity index (χ0) is 14.7. The lowest BCUT2D eigenvalue weighted by molar-refractivity contribution is 0.327. The van der Waals surface area contributed by atoms with Crippen molar-refractivity contribution in [2.75, 3.05) is 11.9 Å². The van der Waals surface area contributed by atoms with E-state index in [-0.39, 0.29) is 0 Å². The van der Waals surface area contributed by atoms with Gasteiger partial charge in [0.1, 0.15) is 0 Å². The second-order valence-corrected chi connectivity index (χ2v) is 5.20. The molecule has 3 heteroatoms. The maximum atomic E-state index is 8.94. The molecule has 0 unspecified atom stereocenters. The highest BCUT2D eigenvalue weighted by Crippen LogP contribution is 2.22. The zero-order valence-corrected chi connectivity index (χ0v) is 11.8. The number of hydrogen-bond acceptors (Lipinski definition) is 3. The number of hydrogen-bond donors (Lipinski definition) is 1. The molecule has 0 atom stereocenters. The van der Waals surface area contributed by atoms with E-state index < -0.39 is 0 Å². The van der Waals surface area contributed by atoms with Crippen LogP contribution in [-0.2, 0) is 13.0 Å². The summed E-state index contributed by atoms with van der Waals surface area (Å²) in [5.74, 6) is 0.875. The minimum atomic E-state index is 0.650. The highest BCUT2D eigenvalue weighted by Gasteiger charge is 2.16. The van der Waals surface area contributed by atoms with E-state index in [0.717, 1.165) is 31.0 Å². The summed E-state index contributed by atoms with van der Waals surface area (Å²) in [5, 5.41) is 12.2. The van der Waals surface area contributed by atoms with E-state index >= 15 is 0 Å². The maximum Gasteiger partial charge on any atom is 0.0992 e. The number of nitriles is 1. The number of fused-ring (bicyclic) bond motifs is 1. The SMILES string of the molecule is C=C(Nc1cccc(C#N)c1)N1CCc2ccccc2C1. The fourth-order valence-electron chi connectivity index (χ4n) is 2.64. The van der Waals surface area contributed by atoms with Crippen molar-refractivity contribution in [2.24, 2.45) is 0 Å². The standard InChI is InChI=1S/C18H17N3/c1-14(20-18-8-4-5-15(11-18)12-19)21-10-9-16-6-2-3-7-17(16)13-21/h2-8,11,20H,1,9-10,13H2. The first-order valence-corrected chi connectivity index (χ1v) is 7.04. The third kappa shape index (κ3) is 2.90. The maximum absolute atomic E-state index is 8.94. The molecule has 21 heavy (non-hydrogen) atoms. The van der Waals surface area contributed by atoms with Crippen LogP contribution in [0.3, 0.4) is 0 Å². The molecule has 0 amide bonds. The van der Waals surface area contributed by atoms with Crippen molar-refractivity contribution in [1.29, 1.82) is 5.26 Å². The van der Waals surface area contributed by atoms with Crippen LogP contribution in [0, 0.1) is 11.3 Å². The molecule has 2 aromatic carbocycles. The van der Waals surface area contributed by atoms with Crippen molar-refractivity contribution in [2.45, 2.75) is 13.0 Å². The minimum Gasteiger partial charge on any atom is -0.354 e. The fraction of sp³-hybridized carbons (Fsp3) is 0.167. The lowest BCUT2D eigenvalue weighted by Gasteiger charge is -2.32. The molecule has 0 aliphatic carbocycles. The first-order valence-electron chi connectivity index (χ1n) is 7.04. The van der Waals surface area contributed by atoms with E-state index in [9.17, 15) is 0 Å². The lowest BCUT2D eigenvalue weighted by Crippen LogP contribution is -2.32. The topological polar surface area (TPSA) is 39.1 Å². The first kappa shape index (κ1) is 13.3. The highest BCUT2D eigenvalue weighted by molar-refractivity contribution is 5.52. The van der Waals surface area contributed by atoms with Crippen molar-refractivity contribution in [3.63, 3.8) is 0 Å². The predicted molar refractivity (Wildman–Crippen MR) is 84.5 cm³/mol. The van der Waals surface area contributed by atoms with Crippen LogP contribution in [-0.4, -0.2) is 11.4 Å². The Morgan fingerprint density at radius 1 is 1.14 bits per heavy atom. The van der Waals surface area contributed by atoms with Gasteiger partial charge in [0, 0.05) is 18.8 Å². The molecular weight excluding hydrogens is 258 g/mol. The van der Waals surface area contributed by atoms with Crippen LogP contribution in [0.25, 0.3) is 0 Å². The Kier molecular flexibility index (Phi) is 3.61. The molecule has 0 radical (unpaired) electrons. The normalized spacial score (nSPS) is 13.2. The van der Waals surface area contributed by atoms with Crippen LogP contribution >= 0.6 is 0 Å². The summed E-state index contributed by atoms with van der Waals surface area (Å²) in [6.07, 6.45) is 1.04. The zero-order valence-electron chi connectivity index (χ0n) is 11.8. The summed E-state index contributed by atoms with van der Waals surface area (Å²) in [6.45, 7) is 5.97. The van der Waals surface area contributed by atoms with Gasteiger partial charge >= 0.3 is 0 Å². The van der Waals surface area contributed by atoms with Crippen molar-refractivity contribution < 1.29 is 0 Å². The first-order chi connectivity index (χ1) is 10.3. The van der Waals surface area contributed by atoms with Gasteiger partial charge in [-0.2, -0.15) is 5.26 Å². The van der Waals surface area contributed by atoms with Gasteiger partial charge < -0.3 is 10.2 Å². The summed E-state index contributed by atoms with van der Waals surface area (Å²) >= 11 is 0. The summed E-state index contributed by atoms with van der Waals surface area (Å²) in [7, 11) is 0. The molecular formula is C18H17N3. The molecule has 0 fully saturated rings. The molecule has 0 aromatic heterocycles. The average molecular weight is 275 g/mol. The second-order valence-electron chi connectivity index (χ2n) is 5.20. The van der Waals surface area contributed by atoms with Gasteiger partial charge in [0.2, 0.25) is 0 Å². The number of nitrogens with zero attached hydrogens (tertiary/aromatic N) is 2. The number of anilines is 1. The van der Waals surface area contributed by atoms with Crippen LogP contribution in [0.1, 0.15) is 16.7 Å². The van der Waals surface area contributed by atoms with Crippen molar-refractivity contribution in [3.05, 3.63) is 77.6 Å². The monoisotopic (exact) mass is 275 g/mol. The van der Waals surface area contributed by atoms with Gasteiger partial charge in [0.15, 0.2) is 0 Å². The third-order valence-electron chi connectivity index (χ3n) is 3.79. The summed E-state index contributed by atoms with van der Waals surface area (Å²) in [6, 6.07) is 18.1. The smallest absolute Gasteiger partial charge is 0.0992 e. The van der Waals surface area contributed by atoms with Gasteiger partial charge in [0.25, 0.3) is 0 Å². The van der Waals surface area contributed by atoms with Crippen molar-refractivity contribution in [3.8, 4) is 6.07 Å². The van der Waals surface area contributed by atoms with Gasteiger partial charge in [-0.15, -0.1) is 0 Å². The summed E-state index contributed by atoms with van der Waals surface area (Å²) < 4.78 is 0.